The van der Waals surface area contributed by atoms with Gasteiger partial charge in [0, 0.05) is 27.5 Å². The van der Waals surface area contributed by atoms with E-state index in [4.69, 9.17) is 9.97 Å². The highest BCUT2D eigenvalue weighted by molar-refractivity contribution is 5.99. The molecule has 0 radical (unpaired) electrons. The molecule has 0 saturated carbocycles. The number of nitriles is 2. The quantitative estimate of drug-likeness (QED) is 0.0394. The molecule has 0 aliphatic heterocycles. The van der Waals surface area contributed by atoms with Gasteiger partial charge in [0.2, 0.25) is 0 Å². The van der Waals surface area contributed by atoms with Gasteiger partial charge >= 0.3 is 0 Å². The van der Waals surface area contributed by atoms with Gasteiger partial charge in [0.15, 0.2) is 5.82 Å². The van der Waals surface area contributed by atoms with Gasteiger partial charge in [-0.3, -0.25) is 0 Å². The average molecular weight is 1140 g/mol. The summed E-state index contributed by atoms with van der Waals surface area (Å²) in [5, 5.41) is 23.3. The standard InChI is InChI=1S/C82H96N4/c1-7-11-15-19-23-27-45-81(46-28-24-20-16-12-8-2)74-49-59(5)37-41-70(74)72-43-39-64(54-76(72)81)78-56-79(86-80(85-78)66-51-61(57-83)50-62(52-66)58-84)65-40-44-73-71-42-38-63(68-35-32-34-67-60(6)33-31-36-69(67)68)53-75(71)82(77(73)55-65,47-29-25-21-17-13-9-3)48-30-26-22-18-14-10-4/h31-44,49-56H,7-30,45-48H2,1-6H3. The van der Waals surface area contributed by atoms with Gasteiger partial charge in [-0.25, -0.2) is 9.97 Å². The van der Waals surface area contributed by atoms with Crippen molar-refractivity contribution < 1.29 is 0 Å². The second-order valence-electron chi connectivity index (χ2n) is 26.0. The number of benzene rings is 7. The van der Waals surface area contributed by atoms with Crippen molar-refractivity contribution >= 4 is 10.8 Å². The maximum Gasteiger partial charge on any atom is 0.160 e. The van der Waals surface area contributed by atoms with Gasteiger partial charge in [0.1, 0.15) is 0 Å². The average Bonchev–Trinajstić information content (AvgIpc) is 1.71. The largest absolute Gasteiger partial charge is 0.228 e. The molecule has 4 heteroatoms. The van der Waals surface area contributed by atoms with Crippen molar-refractivity contribution in [2.45, 2.75) is 232 Å². The molecule has 0 saturated heterocycles. The van der Waals surface area contributed by atoms with Crippen molar-refractivity contribution in [3.05, 3.63) is 178 Å². The molecule has 0 atom stereocenters. The zero-order valence-corrected chi connectivity index (χ0v) is 53.3. The van der Waals surface area contributed by atoms with Crippen LogP contribution in [0.5, 0.6) is 0 Å². The first kappa shape index (κ1) is 61.9. The Bertz CT molecular complexity index is 3630. The summed E-state index contributed by atoms with van der Waals surface area (Å²) < 4.78 is 0. The molecule has 0 amide bonds. The molecule has 86 heavy (non-hydrogen) atoms. The minimum Gasteiger partial charge on any atom is -0.228 e. The lowest BCUT2D eigenvalue weighted by Gasteiger charge is -2.33. The molecule has 1 heterocycles. The first-order valence-electron chi connectivity index (χ1n) is 34.1. The van der Waals surface area contributed by atoms with E-state index in [0.717, 1.165) is 48.2 Å². The van der Waals surface area contributed by atoms with Crippen LogP contribution in [0.4, 0.5) is 0 Å². The van der Waals surface area contributed by atoms with Crippen LogP contribution in [-0.4, -0.2) is 9.97 Å². The summed E-state index contributed by atoms with van der Waals surface area (Å²) >= 11 is 0. The molecule has 1 aromatic heterocycles. The minimum atomic E-state index is -0.184. The zero-order chi connectivity index (χ0) is 59.9. The number of fused-ring (bicyclic) bond motifs is 7. The van der Waals surface area contributed by atoms with E-state index >= 15 is 0 Å². The van der Waals surface area contributed by atoms with Crippen LogP contribution in [0.1, 0.15) is 252 Å². The SMILES string of the molecule is CCCCCCCCC1(CCCCCCCC)c2cc(C)ccc2-c2ccc(-c3cc(-c4ccc5c(c4)C(CCCCCCCC)(CCCCCCCC)c4cc(-c6cccc7c(C)cccc67)ccc4-5)nc(-c4cc(C#N)cc(C#N)c4)n3)cc21. The van der Waals surface area contributed by atoms with Crippen molar-refractivity contribution in [1.29, 1.82) is 10.5 Å². The lowest BCUT2D eigenvalue weighted by Crippen LogP contribution is -2.26. The second-order valence-corrected chi connectivity index (χ2v) is 26.0. The number of rotatable bonds is 32. The third-order valence-electron chi connectivity index (χ3n) is 19.9. The monoisotopic (exact) mass is 1140 g/mol. The van der Waals surface area contributed by atoms with E-state index in [2.05, 4.69) is 169 Å². The fourth-order valence-electron chi connectivity index (χ4n) is 15.2. The first-order chi connectivity index (χ1) is 42.2. The normalized spacial score (nSPS) is 13.3. The van der Waals surface area contributed by atoms with Crippen molar-refractivity contribution in [1.82, 2.24) is 9.97 Å². The summed E-state index contributed by atoms with van der Waals surface area (Å²) in [6.07, 6.45) is 34.8. The fraction of sp³-hybridized carbons (Fsp3) is 0.439. The van der Waals surface area contributed by atoms with E-state index < -0.39 is 0 Å². The summed E-state index contributed by atoms with van der Waals surface area (Å²) in [6.45, 7) is 13.8. The van der Waals surface area contributed by atoms with E-state index in [0.29, 0.717) is 22.5 Å². The Balaban J connectivity index is 1.13. The molecule has 8 aromatic rings. The van der Waals surface area contributed by atoms with Crippen LogP contribution in [0.2, 0.25) is 0 Å². The van der Waals surface area contributed by atoms with Gasteiger partial charge in [-0.15, -0.1) is 0 Å². The van der Waals surface area contributed by atoms with Gasteiger partial charge in [-0.05, 0) is 154 Å². The Morgan fingerprint density at radius 3 is 1.17 bits per heavy atom. The van der Waals surface area contributed by atoms with E-state index in [-0.39, 0.29) is 10.8 Å². The number of hydrogen-bond donors (Lipinski definition) is 0. The van der Waals surface area contributed by atoms with E-state index in [1.54, 1.807) is 6.07 Å². The van der Waals surface area contributed by atoms with Crippen LogP contribution in [0.15, 0.2) is 133 Å². The molecular weight excluding hydrogens is 1040 g/mol. The number of nitrogens with zero attached hydrogens (tertiary/aromatic N) is 4. The molecule has 2 aliphatic rings. The second kappa shape index (κ2) is 29.5. The van der Waals surface area contributed by atoms with Crippen molar-refractivity contribution in [3.63, 3.8) is 0 Å². The summed E-state index contributed by atoms with van der Waals surface area (Å²) in [6, 6.07) is 55.0. The molecule has 444 valence electrons. The van der Waals surface area contributed by atoms with E-state index in [1.165, 1.54) is 232 Å². The molecular formula is C82H96N4. The van der Waals surface area contributed by atoms with Gasteiger partial charge in [-0.1, -0.05) is 278 Å². The highest BCUT2D eigenvalue weighted by Gasteiger charge is 2.44. The highest BCUT2D eigenvalue weighted by atomic mass is 14.9. The lowest BCUT2D eigenvalue weighted by molar-refractivity contribution is 0.398. The number of aryl methyl sites for hydroxylation is 2. The maximum atomic E-state index is 10.3. The Labute approximate surface area is 518 Å². The molecule has 7 aromatic carbocycles. The highest BCUT2D eigenvalue weighted by Crippen LogP contribution is 2.58. The van der Waals surface area contributed by atoms with Crippen LogP contribution >= 0.6 is 0 Å². The Hall–Kier alpha value is -7.14. The van der Waals surface area contributed by atoms with E-state index in [1.807, 2.05) is 12.1 Å². The Kier molecular flexibility index (Phi) is 21.2. The van der Waals surface area contributed by atoms with Crippen LogP contribution in [-0.2, 0) is 10.8 Å². The number of aromatic nitrogens is 2. The molecule has 0 fully saturated rings. The van der Waals surface area contributed by atoms with Gasteiger partial charge < -0.3 is 0 Å². The van der Waals surface area contributed by atoms with Gasteiger partial charge in [0.25, 0.3) is 0 Å². The Morgan fingerprint density at radius 1 is 0.337 bits per heavy atom. The molecule has 4 nitrogen and oxygen atoms in total. The predicted octanol–water partition coefficient (Wildman–Crippen LogP) is 24.2. The van der Waals surface area contributed by atoms with Gasteiger partial charge in [0.05, 0.1) is 34.7 Å². The molecule has 0 spiro atoms. The predicted molar refractivity (Wildman–Crippen MR) is 365 cm³/mol. The van der Waals surface area contributed by atoms with Crippen molar-refractivity contribution in [2.24, 2.45) is 0 Å². The summed E-state index contributed by atoms with van der Waals surface area (Å²) in [5.41, 5.74) is 21.7. The first-order valence-corrected chi connectivity index (χ1v) is 34.1. The third-order valence-corrected chi connectivity index (χ3v) is 19.9. The fourth-order valence-corrected chi connectivity index (χ4v) is 15.2. The van der Waals surface area contributed by atoms with Crippen LogP contribution in [0.25, 0.3) is 78.1 Å². The van der Waals surface area contributed by atoms with Gasteiger partial charge in [-0.2, -0.15) is 10.5 Å². The van der Waals surface area contributed by atoms with Crippen molar-refractivity contribution in [2.75, 3.05) is 0 Å². The molecule has 0 unspecified atom stereocenters. The maximum absolute atomic E-state index is 10.3. The van der Waals surface area contributed by atoms with Crippen molar-refractivity contribution in [3.8, 4) is 79.4 Å². The summed E-state index contributed by atoms with van der Waals surface area (Å²) in [5.74, 6) is 0.528. The number of unbranched alkanes of at least 4 members (excludes halogenated alkanes) is 20. The zero-order valence-electron chi connectivity index (χ0n) is 53.3. The molecule has 10 rings (SSSR count). The van der Waals surface area contributed by atoms with Crippen LogP contribution in [0, 0.1) is 36.5 Å². The van der Waals surface area contributed by atoms with E-state index in [9.17, 15) is 10.5 Å². The third kappa shape index (κ3) is 13.5. The smallest absolute Gasteiger partial charge is 0.160 e. The lowest BCUT2D eigenvalue weighted by atomic mass is 9.70. The summed E-state index contributed by atoms with van der Waals surface area (Å²) in [7, 11) is 0. The molecule has 0 bridgehead atoms. The van der Waals surface area contributed by atoms with Crippen LogP contribution in [0.3, 0.4) is 0 Å². The Morgan fingerprint density at radius 2 is 0.721 bits per heavy atom. The molecule has 0 N–H and O–H groups in total. The molecule has 2 aliphatic carbocycles. The minimum absolute atomic E-state index is 0.0968. The summed E-state index contributed by atoms with van der Waals surface area (Å²) in [4.78, 5) is 11.0. The number of hydrogen-bond acceptors (Lipinski definition) is 4. The topological polar surface area (TPSA) is 73.4 Å². The van der Waals surface area contributed by atoms with Crippen LogP contribution < -0.4 is 0 Å².